The molecule has 30 heavy (non-hydrogen) atoms. The number of carbonyl (C=O) groups is 2. The van der Waals surface area contributed by atoms with Gasteiger partial charge >= 0.3 is 0 Å². The molecule has 0 fully saturated rings. The van der Waals surface area contributed by atoms with Gasteiger partial charge in [0.1, 0.15) is 0 Å². The second-order valence-corrected chi connectivity index (χ2v) is 26.4. The Morgan fingerprint density at radius 1 is 0.533 bits per heavy atom. The van der Waals surface area contributed by atoms with E-state index in [2.05, 4.69) is 52.4 Å². The first-order valence-corrected chi connectivity index (χ1v) is 22.2. The van der Waals surface area contributed by atoms with E-state index in [1.807, 2.05) is 12.1 Å². The molecule has 0 bridgehead atoms. The minimum atomic E-state index is -2.35. The van der Waals surface area contributed by atoms with Gasteiger partial charge in [0.2, 0.25) is 33.3 Å². The summed E-state index contributed by atoms with van der Waals surface area (Å²) in [6.07, 6.45) is 0. The summed E-state index contributed by atoms with van der Waals surface area (Å²) in [5, 5.41) is 4.78. The van der Waals surface area contributed by atoms with Crippen molar-refractivity contribution in [1.82, 2.24) is 0 Å². The first kappa shape index (κ1) is 20.5. The van der Waals surface area contributed by atoms with Gasteiger partial charge in [-0.3, -0.25) is 9.59 Å². The summed E-state index contributed by atoms with van der Waals surface area (Å²) >= 11 is 0. The Kier molecular flexibility index (Phi) is 3.87. The number of benzene rings is 2. The van der Waals surface area contributed by atoms with Crippen LogP contribution in [0.4, 0.5) is 0 Å². The zero-order chi connectivity index (χ0) is 22.0. The highest BCUT2D eigenvalue weighted by Crippen LogP contribution is 2.34. The van der Waals surface area contributed by atoms with Crippen LogP contribution >= 0.6 is 0 Å². The number of hydrogen-bond donors (Lipinski definition) is 0. The van der Waals surface area contributed by atoms with E-state index in [0.29, 0.717) is 22.3 Å². The Bertz CT molecular complexity index is 1100. The van der Waals surface area contributed by atoms with E-state index in [-0.39, 0.29) is 11.6 Å². The van der Waals surface area contributed by atoms with Crippen molar-refractivity contribution in [1.29, 1.82) is 0 Å². The zero-order valence-electron chi connectivity index (χ0n) is 18.9. The lowest BCUT2D eigenvalue weighted by atomic mass is 9.84. The molecule has 156 valence electrons. The number of rotatable bonds is 0. The largest absolute Gasteiger partial charge is 0.449 e. The molecule has 2 aliphatic heterocycles. The Labute approximate surface area is 182 Å². The highest BCUT2D eigenvalue weighted by molar-refractivity contribution is 7.14. The van der Waals surface area contributed by atoms with Crippen molar-refractivity contribution in [3.8, 4) is 0 Å². The molecule has 1 aliphatic carbocycles. The van der Waals surface area contributed by atoms with Crippen LogP contribution in [0.5, 0.6) is 0 Å². The maximum absolute atomic E-state index is 13.9. The Morgan fingerprint density at radius 2 is 0.833 bits per heavy atom. The van der Waals surface area contributed by atoms with Crippen LogP contribution in [-0.2, 0) is 8.23 Å². The van der Waals surface area contributed by atoms with Gasteiger partial charge in [-0.05, 0) is 73.1 Å². The van der Waals surface area contributed by atoms with Crippen LogP contribution in [0.3, 0.4) is 0 Å². The van der Waals surface area contributed by atoms with E-state index in [4.69, 9.17) is 8.23 Å². The third kappa shape index (κ3) is 2.37. The van der Waals surface area contributed by atoms with E-state index < -0.39 is 33.3 Å². The minimum absolute atomic E-state index is 0.00806. The maximum atomic E-state index is 13.9. The standard InChI is InChI=1S/C22H28O4Si4/c1-27(2)19-15-16(18(24)14-12-10-9-11-13(14)17(15)23)20-22(21(19)29(5,6)25-27)30(7,8)26-28(20,3)4/h9-12H,1-8H3. The zero-order valence-corrected chi connectivity index (χ0v) is 22.9. The summed E-state index contributed by atoms with van der Waals surface area (Å²) < 4.78 is 13.7. The summed E-state index contributed by atoms with van der Waals surface area (Å²) in [6.45, 7) is 17.7. The average Bonchev–Trinajstić information content (AvgIpc) is 2.93. The lowest BCUT2D eigenvalue weighted by molar-refractivity contribution is 0.0980. The fourth-order valence-corrected chi connectivity index (χ4v) is 29.8. The average molecular weight is 469 g/mol. The van der Waals surface area contributed by atoms with Crippen molar-refractivity contribution >= 4 is 65.6 Å². The van der Waals surface area contributed by atoms with Crippen molar-refractivity contribution in [2.75, 3.05) is 0 Å². The fraction of sp³-hybridized carbons (Fsp3) is 0.364. The van der Waals surface area contributed by atoms with Crippen LogP contribution in [-0.4, -0.2) is 44.8 Å². The highest BCUT2D eigenvalue weighted by atomic mass is 28.4. The van der Waals surface area contributed by atoms with Gasteiger partial charge in [0.25, 0.3) is 0 Å². The van der Waals surface area contributed by atoms with Crippen molar-refractivity contribution < 1.29 is 17.8 Å². The Hall–Kier alpha value is -1.43. The van der Waals surface area contributed by atoms with E-state index in [0.717, 1.165) is 10.4 Å². The van der Waals surface area contributed by atoms with E-state index >= 15 is 0 Å². The van der Waals surface area contributed by atoms with E-state index in [1.165, 1.54) is 10.4 Å². The molecule has 0 unspecified atom stereocenters. The van der Waals surface area contributed by atoms with Crippen LogP contribution in [0, 0.1) is 0 Å². The summed E-state index contributed by atoms with van der Waals surface area (Å²) in [7, 11) is -9.16. The molecule has 0 saturated carbocycles. The molecule has 0 radical (unpaired) electrons. The van der Waals surface area contributed by atoms with Crippen LogP contribution in [0.25, 0.3) is 0 Å². The summed E-state index contributed by atoms with van der Waals surface area (Å²) in [5.41, 5.74) is 2.36. The normalized spacial score (nSPS) is 23.6. The van der Waals surface area contributed by atoms with Crippen LogP contribution in [0.15, 0.2) is 24.3 Å². The van der Waals surface area contributed by atoms with Gasteiger partial charge < -0.3 is 8.23 Å². The molecular formula is C22H28O4Si4. The first-order valence-electron chi connectivity index (χ1n) is 10.6. The SMILES string of the molecule is C[Si]1(C)O[Si](C)(C)c2c1c1c(c3c2[Si](C)(C)O[Si]3(C)C)C(=O)c2ccccc2C1=O. The van der Waals surface area contributed by atoms with Gasteiger partial charge in [0.05, 0.1) is 0 Å². The smallest absolute Gasteiger partial charge is 0.206 e. The minimum Gasteiger partial charge on any atom is -0.449 e. The molecule has 8 heteroatoms. The molecule has 0 amide bonds. The van der Waals surface area contributed by atoms with Gasteiger partial charge in [-0.25, -0.2) is 0 Å². The third-order valence-electron chi connectivity index (χ3n) is 6.80. The third-order valence-corrected chi connectivity index (χ3v) is 22.5. The monoisotopic (exact) mass is 468 g/mol. The van der Waals surface area contributed by atoms with E-state index in [9.17, 15) is 9.59 Å². The lowest BCUT2D eigenvalue weighted by Gasteiger charge is -2.29. The number of fused-ring (bicyclic) bond motifs is 7. The molecule has 0 atom stereocenters. The first-order chi connectivity index (χ1) is 13.7. The molecule has 0 N–H and O–H groups in total. The van der Waals surface area contributed by atoms with Gasteiger partial charge in [-0.1, -0.05) is 24.3 Å². The van der Waals surface area contributed by atoms with Gasteiger partial charge in [-0.15, -0.1) is 0 Å². The second-order valence-electron chi connectivity index (χ2n) is 10.7. The van der Waals surface area contributed by atoms with Gasteiger partial charge in [-0.2, -0.15) is 0 Å². The highest BCUT2D eigenvalue weighted by Gasteiger charge is 2.59. The second kappa shape index (κ2) is 5.67. The summed E-state index contributed by atoms with van der Waals surface area (Å²) in [4.78, 5) is 27.8. The molecule has 3 aliphatic rings. The van der Waals surface area contributed by atoms with Gasteiger partial charge in [0.15, 0.2) is 11.6 Å². The lowest BCUT2D eigenvalue weighted by Crippen LogP contribution is -2.66. The van der Waals surface area contributed by atoms with E-state index in [1.54, 1.807) is 12.1 Å². The maximum Gasteiger partial charge on any atom is 0.206 e. The summed E-state index contributed by atoms with van der Waals surface area (Å²) in [5.74, 6) is -0.0161. The summed E-state index contributed by atoms with van der Waals surface area (Å²) in [6, 6.07) is 7.28. The van der Waals surface area contributed by atoms with Crippen molar-refractivity contribution in [2.45, 2.75) is 52.4 Å². The number of carbonyl (C=O) groups excluding carboxylic acids is 2. The molecule has 5 rings (SSSR count). The molecule has 0 spiro atoms. The molecule has 4 nitrogen and oxygen atoms in total. The van der Waals surface area contributed by atoms with Crippen molar-refractivity contribution in [2.24, 2.45) is 0 Å². The quantitative estimate of drug-likeness (QED) is 0.475. The molecule has 2 aromatic rings. The molecule has 0 saturated heterocycles. The van der Waals surface area contributed by atoms with Crippen molar-refractivity contribution in [3.05, 3.63) is 46.5 Å². The van der Waals surface area contributed by atoms with Gasteiger partial charge in [0, 0.05) is 22.3 Å². The number of ketones is 2. The Morgan fingerprint density at radius 3 is 1.17 bits per heavy atom. The number of hydrogen-bond acceptors (Lipinski definition) is 4. The molecule has 0 aromatic heterocycles. The van der Waals surface area contributed by atoms with Crippen molar-refractivity contribution in [3.63, 3.8) is 0 Å². The topological polar surface area (TPSA) is 52.6 Å². The predicted molar refractivity (Wildman–Crippen MR) is 130 cm³/mol. The predicted octanol–water partition coefficient (Wildman–Crippen LogP) is 2.17. The molecule has 2 heterocycles. The van der Waals surface area contributed by atoms with Crippen LogP contribution in [0.2, 0.25) is 52.4 Å². The molecular weight excluding hydrogens is 441 g/mol. The molecule has 2 aromatic carbocycles. The Balaban J connectivity index is 2.05. The van der Waals surface area contributed by atoms with Crippen LogP contribution in [0.1, 0.15) is 31.8 Å². The van der Waals surface area contributed by atoms with Crippen LogP contribution < -0.4 is 20.7 Å². The fourth-order valence-electron chi connectivity index (χ4n) is 6.24.